The number of ketones is 1. The van der Waals surface area contributed by atoms with Gasteiger partial charge in [0.05, 0.1) is 11.1 Å². The van der Waals surface area contributed by atoms with Gasteiger partial charge >= 0.3 is 12.3 Å². The summed E-state index contributed by atoms with van der Waals surface area (Å²) in [6.45, 7) is 0. The van der Waals surface area contributed by atoms with Crippen LogP contribution in [0.3, 0.4) is 0 Å². The molecule has 0 aliphatic carbocycles. The van der Waals surface area contributed by atoms with Gasteiger partial charge in [-0.1, -0.05) is 23.7 Å². The van der Waals surface area contributed by atoms with E-state index in [4.69, 9.17) is 16.3 Å². The number of carbonyl (C=O) groups excluding carboxylic acids is 2. The van der Waals surface area contributed by atoms with Gasteiger partial charge in [-0.25, -0.2) is 4.79 Å². The van der Waals surface area contributed by atoms with E-state index >= 15 is 0 Å². The van der Waals surface area contributed by atoms with Gasteiger partial charge in [0.25, 0.3) is 0 Å². The molecule has 0 atom stereocenters. The van der Waals surface area contributed by atoms with Crippen LogP contribution < -0.4 is 4.74 Å². The Labute approximate surface area is 146 Å². The van der Waals surface area contributed by atoms with E-state index < -0.39 is 23.6 Å². The summed E-state index contributed by atoms with van der Waals surface area (Å²) in [5.74, 6) is -0.647. The highest BCUT2D eigenvalue weighted by Crippen LogP contribution is 2.30. The molecule has 0 aromatic heterocycles. The zero-order chi connectivity index (χ0) is 18.8. The van der Waals surface area contributed by atoms with Crippen LogP contribution in [0, 0.1) is 0 Å². The second-order valence-corrected chi connectivity index (χ2v) is 5.74. The summed E-state index contributed by atoms with van der Waals surface area (Å²) in [6, 6.07) is 7.81. The molecular weight excluding hydrogens is 359 g/mol. The van der Waals surface area contributed by atoms with Crippen LogP contribution in [-0.2, 0) is 6.18 Å². The van der Waals surface area contributed by atoms with Crippen molar-refractivity contribution < 1.29 is 27.5 Å². The van der Waals surface area contributed by atoms with Gasteiger partial charge < -0.3 is 9.64 Å². The summed E-state index contributed by atoms with van der Waals surface area (Å²) in [5.41, 5.74) is -0.880. The van der Waals surface area contributed by atoms with Crippen LogP contribution in [0.2, 0.25) is 5.02 Å². The van der Waals surface area contributed by atoms with Crippen LogP contribution in [0.5, 0.6) is 5.75 Å². The molecule has 0 N–H and O–H groups in total. The number of nitrogens with zero attached hydrogens (tertiary/aromatic N) is 1. The fourth-order valence-corrected chi connectivity index (χ4v) is 2.09. The van der Waals surface area contributed by atoms with Gasteiger partial charge in [0.2, 0.25) is 0 Å². The minimum atomic E-state index is -4.50. The Morgan fingerprint density at radius 2 is 1.64 bits per heavy atom. The first kappa shape index (κ1) is 18.8. The third kappa shape index (κ3) is 4.51. The molecule has 4 nitrogen and oxygen atoms in total. The lowest BCUT2D eigenvalue weighted by atomic mass is 10.0. The predicted octanol–water partition coefficient (Wildman–Crippen LogP) is 4.65. The fourth-order valence-electron chi connectivity index (χ4n) is 1.92. The van der Waals surface area contributed by atoms with Crippen LogP contribution in [0.25, 0.3) is 0 Å². The fraction of sp³-hybridized carbons (Fsp3) is 0.176. The van der Waals surface area contributed by atoms with Crippen molar-refractivity contribution in [1.82, 2.24) is 4.90 Å². The smallest absolute Gasteiger partial charge is 0.409 e. The number of amides is 1. The number of halogens is 4. The zero-order valence-electron chi connectivity index (χ0n) is 13.2. The normalized spacial score (nSPS) is 11.1. The van der Waals surface area contributed by atoms with Gasteiger partial charge in [-0.05, 0) is 30.3 Å². The minimum Gasteiger partial charge on any atom is -0.409 e. The van der Waals surface area contributed by atoms with Crippen molar-refractivity contribution in [2.24, 2.45) is 0 Å². The second kappa shape index (κ2) is 7.14. The van der Waals surface area contributed by atoms with Gasteiger partial charge in [-0.3, -0.25) is 4.79 Å². The van der Waals surface area contributed by atoms with Crippen LogP contribution >= 0.6 is 11.6 Å². The van der Waals surface area contributed by atoms with E-state index in [1.54, 1.807) is 0 Å². The van der Waals surface area contributed by atoms with Crippen molar-refractivity contribution in [3.05, 3.63) is 64.2 Å². The molecule has 2 aromatic carbocycles. The molecule has 0 aliphatic heterocycles. The average molecular weight is 372 g/mol. The van der Waals surface area contributed by atoms with E-state index in [0.717, 1.165) is 24.3 Å². The topological polar surface area (TPSA) is 46.6 Å². The molecular formula is C17H13ClF3NO3. The molecule has 2 rings (SSSR count). The Morgan fingerprint density at radius 3 is 2.16 bits per heavy atom. The lowest BCUT2D eigenvalue weighted by Crippen LogP contribution is -2.26. The second-order valence-electron chi connectivity index (χ2n) is 5.31. The molecule has 8 heteroatoms. The lowest BCUT2D eigenvalue weighted by molar-refractivity contribution is -0.137. The standard InChI is InChI=1S/C17H13ClF3NO3/c1-22(2)16(24)25-14-8-7-12(18)9-13(14)15(23)10-3-5-11(6-4-10)17(19,20)21/h3-9H,1-2H3. The third-order valence-electron chi connectivity index (χ3n) is 3.22. The molecule has 0 saturated heterocycles. The van der Waals surface area contributed by atoms with Crippen LogP contribution in [0.4, 0.5) is 18.0 Å². The first-order chi connectivity index (χ1) is 11.6. The van der Waals surface area contributed by atoms with Crippen molar-refractivity contribution in [3.8, 4) is 5.75 Å². The molecule has 25 heavy (non-hydrogen) atoms. The van der Waals surface area contributed by atoms with Gasteiger partial charge in [0, 0.05) is 24.7 Å². The number of carbonyl (C=O) groups is 2. The molecule has 0 saturated carbocycles. The Kier molecular flexibility index (Phi) is 5.37. The first-order valence-electron chi connectivity index (χ1n) is 7.00. The molecule has 0 aliphatic rings. The van der Waals surface area contributed by atoms with Crippen molar-refractivity contribution in [2.45, 2.75) is 6.18 Å². The van der Waals surface area contributed by atoms with Gasteiger partial charge in [-0.15, -0.1) is 0 Å². The third-order valence-corrected chi connectivity index (χ3v) is 3.46. The van der Waals surface area contributed by atoms with E-state index in [9.17, 15) is 22.8 Å². The van der Waals surface area contributed by atoms with Crippen molar-refractivity contribution in [2.75, 3.05) is 14.1 Å². The van der Waals surface area contributed by atoms with Crippen LogP contribution in [-0.4, -0.2) is 30.9 Å². The Bertz CT molecular complexity index is 802. The van der Waals surface area contributed by atoms with Crippen LogP contribution in [0.15, 0.2) is 42.5 Å². The number of hydrogen-bond donors (Lipinski definition) is 0. The number of benzene rings is 2. The molecule has 132 valence electrons. The monoisotopic (exact) mass is 371 g/mol. The number of ether oxygens (including phenoxy) is 1. The highest BCUT2D eigenvalue weighted by atomic mass is 35.5. The average Bonchev–Trinajstić information content (AvgIpc) is 2.55. The summed E-state index contributed by atoms with van der Waals surface area (Å²) in [5, 5.41) is 0.222. The van der Waals surface area contributed by atoms with Crippen molar-refractivity contribution in [3.63, 3.8) is 0 Å². The summed E-state index contributed by atoms with van der Waals surface area (Å²) < 4.78 is 43.0. The highest BCUT2D eigenvalue weighted by Gasteiger charge is 2.30. The number of hydrogen-bond acceptors (Lipinski definition) is 3. The maximum Gasteiger partial charge on any atom is 0.416 e. The van der Waals surface area contributed by atoms with E-state index in [2.05, 4.69) is 0 Å². The van der Waals surface area contributed by atoms with E-state index in [-0.39, 0.29) is 21.9 Å². The van der Waals surface area contributed by atoms with Gasteiger partial charge in [-0.2, -0.15) is 13.2 Å². The van der Waals surface area contributed by atoms with E-state index in [1.807, 2.05) is 0 Å². The van der Waals surface area contributed by atoms with E-state index in [0.29, 0.717) is 0 Å². The summed E-state index contributed by atoms with van der Waals surface area (Å²) in [7, 11) is 2.94. The number of alkyl halides is 3. The van der Waals surface area contributed by atoms with Crippen molar-refractivity contribution in [1.29, 1.82) is 0 Å². The van der Waals surface area contributed by atoms with Gasteiger partial charge in [0.15, 0.2) is 5.78 Å². The zero-order valence-corrected chi connectivity index (χ0v) is 14.0. The predicted molar refractivity (Wildman–Crippen MR) is 86.0 cm³/mol. The molecule has 2 aromatic rings. The first-order valence-corrected chi connectivity index (χ1v) is 7.38. The van der Waals surface area contributed by atoms with E-state index in [1.165, 1.54) is 37.2 Å². The molecule has 0 spiro atoms. The maximum absolute atomic E-state index is 12.6. The minimum absolute atomic E-state index is 0.0115. The molecule has 0 radical (unpaired) electrons. The SMILES string of the molecule is CN(C)C(=O)Oc1ccc(Cl)cc1C(=O)c1ccc(C(F)(F)F)cc1. The summed E-state index contributed by atoms with van der Waals surface area (Å²) in [6.07, 6.45) is -5.20. The quantitative estimate of drug-likeness (QED) is 0.738. The molecule has 0 bridgehead atoms. The molecule has 0 unspecified atom stereocenters. The largest absolute Gasteiger partial charge is 0.416 e. The van der Waals surface area contributed by atoms with Crippen LogP contribution in [0.1, 0.15) is 21.5 Å². The summed E-state index contributed by atoms with van der Waals surface area (Å²) in [4.78, 5) is 25.5. The summed E-state index contributed by atoms with van der Waals surface area (Å²) >= 11 is 5.88. The molecule has 0 fully saturated rings. The maximum atomic E-state index is 12.6. The van der Waals surface area contributed by atoms with Crippen molar-refractivity contribution >= 4 is 23.5 Å². The Hall–Kier alpha value is -2.54. The van der Waals surface area contributed by atoms with Gasteiger partial charge in [0.1, 0.15) is 5.75 Å². The molecule has 1 amide bonds. The number of rotatable bonds is 3. The Balaban J connectivity index is 2.38. The lowest BCUT2D eigenvalue weighted by Gasteiger charge is -2.14. The molecule has 0 heterocycles. The highest BCUT2D eigenvalue weighted by molar-refractivity contribution is 6.31. The Morgan fingerprint density at radius 1 is 1.04 bits per heavy atom.